The molecule has 3 aromatic rings. The number of esters is 1. The summed E-state index contributed by atoms with van der Waals surface area (Å²) in [5.41, 5.74) is 2.32. The van der Waals surface area contributed by atoms with Gasteiger partial charge < -0.3 is 10.1 Å². The third kappa shape index (κ3) is 5.20. The number of aromatic nitrogens is 2. The first-order valence-corrected chi connectivity index (χ1v) is 8.84. The predicted octanol–water partition coefficient (Wildman–Crippen LogP) is 4.59. The summed E-state index contributed by atoms with van der Waals surface area (Å²) in [4.78, 5) is 19.5. The molecule has 0 saturated heterocycles. The number of ether oxygens (including phenoxy) is 1. The average molecular weight is 429 g/mol. The van der Waals surface area contributed by atoms with Crippen molar-refractivity contribution >= 4 is 50.0 Å². The topological polar surface area (TPSA) is 92.1 Å². The second-order valence-electron chi connectivity index (χ2n) is 5.67. The Labute approximate surface area is 164 Å². The van der Waals surface area contributed by atoms with Crippen LogP contribution in [0.1, 0.15) is 6.92 Å². The van der Waals surface area contributed by atoms with Gasteiger partial charge in [0, 0.05) is 29.5 Å². The van der Waals surface area contributed by atoms with E-state index < -0.39 is 0 Å². The van der Waals surface area contributed by atoms with Gasteiger partial charge in [0.2, 0.25) is 0 Å². The largest absolute Gasteiger partial charge is 0.443 e. The lowest BCUT2D eigenvalue weighted by molar-refractivity contribution is -0.145. The number of hydrogen-bond donors (Lipinski definition) is 1. The lowest BCUT2D eigenvalue weighted by Gasteiger charge is -2.11. The molecule has 0 atom stereocenters. The fourth-order valence-electron chi connectivity index (χ4n) is 2.25. The molecule has 0 amide bonds. The number of fused-ring (bicyclic) bond motifs is 1. The van der Waals surface area contributed by atoms with Gasteiger partial charge in [0.1, 0.15) is 12.1 Å². The van der Waals surface area contributed by atoms with Crippen molar-refractivity contribution in [1.82, 2.24) is 15.0 Å². The molecule has 8 nitrogen and oxygen atoms in total. The molecular weight excluding hydrogens is 412 g/mol. The molecule has 0 radical (unpaired) electrons. The molecule has 0 saturated carbocycles. The van der Waals surface area contributed by atoms with Gasteiger partial charge in [0.25, 0.3) is 0 Å². The van der Waals surface area contributed by atoms with Gasteiger partial charge in [-0.3, -0.25) is 4.79 Å². The minimum absolute atomic E-state index is 0.0330. The highest BCUT2D eigenvalue weighted by Gasteiger charge is 2.06. The van der Waals surface area contributed by atoms with Crippen LogP contribution in [0.25, 0.3) is 10.9 Å². The van der Waals surface area contributed by atoms with Gasteiger partial charge in [0.05, 0.1) is 11.2 Å². The number of anilines is 2. The minimum atomic E-state index is -0.372. The number of benzene rings is 2. The molecule has 1 aromatic heterocycles. The fraction of sp³-hybridized carbons (Fsp3) is 0.167. The van der Waals surface area contributed by atoms with E-state index in [0.29, 0.717) is 11.5 Å². The van der Waals surface area contributed by atoms with Gasteiger partial charge in [-0.1, -0.05) is 27.2 Å². The van der Waals surface area contributed by atoms with E-state index in [1.54, 1.807) is 13.1 Å². The van der Waals surface area contributed by atoms with Gasteiger partial charge in [-0.05, 0) is 36.4 Å². The van der Waals surface area contributed by atoms with E-state index in [-0.39, 0.29) is 12.7 Å². The summed E-state index contributed by atoms with van der Waals surface area (Å²) in [5, 5.41) is 13.7. The van der Waals surface area contributed by atoms with Crippen molar-refractivity contribution in [3.05, 3.63) is 53.3 Å². The van der Waals surface area contributed by atoms with Crippen molar-refractivity contribution in [3.63, 3.8) is 0 Å². The van der Waals surface area contributed by atoms with Crippen LogP contribution in [-0.4, -0.2) is 34.7 Å². The van der Waals surface area contributed by atoms with Crippen LogP contribution in [0.2, 0.25) is 0 Å². The first kappa shape index (κ1) is 18.7. The van der Waals surface area contributed by atoms with Gasteiger partial charge in [-0.25, -0.2) is 15.0 Å². The molecule has 1 heterocycles. The maximum atomic E-state index is 10.8. The Hall–Kier alpha value is -3.07. The molecule has 1 N–H and O–H groups in total. The summed E-state index contributed by atoms with van der Waals surface area (Å²) in [5.74, 6) is 0.298. The first-order chi connectivity index (χ1) is 13.0. The fourth-order valence-corrected chi connectivity index (χ4v) is 2.65. The lowest BCUT2D eigenvalue weighted by atomic mass is 10.2. The highest BCUT2D eigenvalue weighted by Crippen LogP contribution is 2.28. The number of carbonyl (C=O) groups is 1. The number of nitrogens with zero attached hydrogens (tertiary/aromatic N) is 5. The number of hydrogen-bond acceptors (Lipinski definition) is 7. The Morgan fingerprint density at radius 2 is 2.11 bits per heavy atom. The van der Waals surface area contributed by atoms with Gasteiger partial charge in [-0.15, -0.1) is 5.11 Å². The third-order valence-electron chi connectivity index (χ3n) is 3.47. The molecule has 0 fully saturated rings. The van der Waals surface area contributed by atoms with Crippen LogP contribution < -0.4 is 5.32 Å². The molecule has 0 bridgehead atoms. The minimum Gasteiger partial charge on any atom is -0.443 e. The predicted molar refractivity (Wildman–Crippen MR) is 106 cm³/mol. The zero-order valence-electron chi connectivity index (χ0n) is 14.8. The Morgan fingerprint density at radius 1 is 1.26 bits per heavy atom. The molecule has 0 aliphatic heterocycles. The monoisotopic (exact) mass is 428 g/mol. The van der Waals surface area contributed by atoms with Crippen LogP contribution in [-0.2, 0) is 9.53 Å². The Bertz CT molecular complexity index is 995. The van der Waals surface area contributed by atoms with Crippen molar-refractivity contribution in [3.8, 4) is 0 Å². The van der Waals surface area contributed by atoms with Crippen LogP contribution in [0.5, 0.6) is 0 Å². The summed E-state index contributed by atoms with van der Waals surface area (Å²) in [6.07, 6.45) is 1.51. The average Bonchev–Trinajstić information content (AvgIpc) is 2.65. The van der Waals surface area contributed by atoms with Crippen molar-refractivity contribution in [2.24, 2.45) is 10.3 Å². The van der Waals surface area contributed by atoms with Crippen LogP contribution in [0.15, 0.2) is 63.6 Å². The van der Waals surface area contributed by atoms with E-state index in [0.717, 1.165) is 21.1 Å². The summed E-state index contributed by atoms with van der Waals surface area (Å²) in [6, 6.07) is 13.3. The van der Waals surface area contributed by atoms with E-state index in [1.807, 2.05) is 36.4 Å². The second kappa shape index (κ2) is 8.54. The van der Waals surface area contributed by atoms with Crippen LogP contribution in [0, 0.1) is 0 Å². The van der Waals surface area contributed by atoms with Crippen molar-refractivity contribution in [2.75, 3.05) is 19.1 Å². The molecule has 0 aliphatic carbocycles. The van der Waals surface area contributed by atoms with E-state index in [1.165, 1.54) is 18.3 Å². The Kier molecular flexibility index (Phi) is 5.92. The van der Waals surface area contributed by atoms with Crippen LogP contribution >= 0.6 is 15.9 Å². The van der Waals surface area contributed by atoms with Gasteiger partial charge in [0.15, 0.2) is 6.73 Å². The normalized spacial score (nSPS) is 10.9. The number of nitrogens with one attached hydrogen (secondary N) is 1. The van der Waals surface area contributed by atoms with Gasteiger partial charge in [-0.2, -0.15) is 0 Å². The zero-order chi connectivity index (χ0) is 19.2. The number of rotatable bonds is 6. The maximum Gasteiger partial charge on any atom is 0.304 e. The molecule has 3 rings (SSSR count). The summed E-state index contributed by atoms with van der Waals surface area (Å²) in [6.45, 7) is 1.37. The highest BCUT2D eigenvalue weighted by molar-refractivity contribution is 9.10. The molecule has 2 aromatic carbocycles. The lowest BCUT2D eigenvalue weighted by Crippen LogP contribution is -2.16. The highest BCUT2D eigenvalue weighted by atomic mass is 79.9. The molecule has 138 valence electrons. The van der Waals surface area contributed by atoms with Crippen molar-refractivity contribution in [1.29, 1.82) is 0 Å². The molecule has 9 heteroatoms. The summed E-state index contributed by atoms with van der Waals surface area (Å²) >= 11 is 3.46. The molecule has 27 heavy (non-hydrogen) atoms. The van der Waals surface area contributed by atoms with E-state index in [9.17, 15) is 4.79 Å². The Morgan fingerprint density at radius 3 is 2.89 bits per heavy atom. The summed E-state index contributed by atoms with van der Waals surface area (Å²) in [7, 11) is 1.66. The van der Waals surface area contributed by atoms with Crippen LogP contribution in [0.3, 0.4) is 0 Å². The number of halogens is 1. The quantitative estimate of drug-likeness (QED) is 0.267. The standard InChI is InChI=1S/C18H17BrN6O2/c1-12(26)27-11-25(2)24-23-15-6-7-17-16(9-15)18(21-10-20-17)22-14-5-3-4-13(19)8-14/h3-10H,11H2,1-2H3,(H,20,21,22). The Balaban J connectivity index is 1.84. The zero-order valence-corrected chi connectivity index (χ0v) is 16.3. The molecule has 0 unspecified atom stereocenters. The maximum absolute atomic E-state index is 10.8. The second-order valence-corrected chi connectivity index (χ2v) is 6.59. The van der Waals surface area contributed by atoms with Crippen molar-refractivity contribution < 1.29 is 9.53 Å². The molecular formula is C18H17BrN6O2. The molecule has 0 spiro atoms. The van der Waals surface area contributed by atoms with E-state index >= 15 is 0 Å². The smallest absolute Gasteiger partial charge is 0.304 e. The van der Waals surface area contributed by atoms with E-state index in [4.69, 9.17) is 4.74 Å². The van der Waals surface area contributed by atoms with E-state index in [2.05, 4.69) is 41.6 Å². The van der Waals surface area contributed by atoms with Crippen LogP contribution in [0.4, 0.5) is 17.2 Å². The van der Waals surface area contributed by atoms with Crippen molar-refractivity contribution in [2.45, 2.75) is 6.92 Å². The number of carbonyl (C=O) groups excluding carboxylic acids is 1. The third-order valence-corrected chi connectivity index (χ3v) is 3.97. The first-order valence-electron chi connectivity index (χ1n) is 8.05. The summed E-state index contributed by atoms with van der Waals surface area (Å²) < 4.78 is 5.83. The SMILES string of the molecule is CC(=O)OCN(C)N=Nc1ccc2ncnc(Nc3cccc(Br)c3)c2c1. The molecule has 0 aliphatic rings. The van der Waals surface area contributed by atoms with Gasteiger partial charge >= 0.3 is 5.97 Å².